The smallest absolute Gasteiger partial charge is 0.227 e. The van der Waals surface area contributed by atoms with Gasteiger partial charge in [-0.05, 0) is 35.4 Å². The summed E-state index contributed by atoms with van der Waals surface area (Å²) in [6.07, 6.45) is 0.381. The number of nitriles is 1. The molecule has 1 saturated heterocycles. The molecule has 2 aliphatic rings. The molecule has 4 rings (SSSR count). The molecule has 0 aliphatic carbocycles. The van der Waals surface area contributed by atoms with E-state index in [9.17, 15) is 4.79 Å². The van der Waals surface area contributed by atoms with E-state index in [1.165, 1.54) is 5.56 Å². The summed E-state index contributed by atoms with van der Waals surface area (Å²) in [5, 5.41) is 8.88. The lowest BCUT2D eigenvalue weighted by Gasteiger charge is -2.35. The number of ether oxygens (including phenoxy) is 2. The van der Waals surface area contributed by atoms with Crippen LogP contribution in [0.3, 0.4) is 0 Å². The highest BCUT2D eigenvalue weighted by Gasteiger charge is 2.22. The van der Waals surface area contributed by atoms with Gasteiger partial charge in [0.15, 0.2) is 11.5 Å². The van der Waals surface area contributed by atoms with Crippen molar-refractivity contribution in [3.63, 3.8) is 0 Å². The number of benzene rings is 2. The van der Waals surface area contributed by atoms with Crippen LogP contribution < -0.4 is 9.47 Å². The highest BCUT2D eigenvalue weighted by atomic mass is 16.6. The van der Waals surface area contributed by atoms with Gasteiger partial charge in [0.25, 0.3) is 0 Å². The van der Waals surface area contributed by atoms with Crippen molar-refractivity contribution >= 4 is 5.91 Å². The van der Waals surface area contributed by atoms with Crippen molar-refractivity contribution in [1.29, 1.82) is 5.26 Å². The molecule has 0 N–H and O–H groups in total. The van der Waals surface area contributed by atoms with E-state index in [0.29, 0.717) is 25.2 Å². The van der Waals surface area contributed by atoms with E-state index in [1.807, 2.05) is 47.4 Å². The Hall–Kier alpha value is -3.04. The third-order valence-electron chi connectivity index (χ3n) is 5.18. The van der Waals surface area contributed by atoms with Crippen LogP contribution >= 0.6 is 0 Å². The van der Waals surface area contributed by atoms with Gasteiger partial charge in [0.1, 0.15) is 13.2 Å². The van der Waals surface area contributed by atoms with Gasteiger partial charge in [-0.2, -0.15) is 5.26 Å². The van der Waals surface area contributed by atoms with Gasteiger partial charge >= 0.3 is 0 Å². The first-order valence-electron chi connectivity index (χ1n) is 9.59. The lowest BCUT2D eigenvalue weighted by atomic mass is 10.1. The number of carbonyl (C=O) groups is 1. The SMILES string of the molecule is N#Cc1ccc(CN2CCN(C(=O)Cc3ccc4c(c3)OCCO4)CC2)cc1. The summed E-state index contributed by atoms with van der Waals surface area (Å²) in [6, 6.07) is 15.6. The lowest BCUT2D eigenvalue weighted by molar-refractivity contribution is -0.132. The third kappa shape index (κ3) is 4.26. The minimum Gasteiger partial charge on any atom is -0.486 e. The molecule has 2 heterocycles. The normalized spacial score (nSPS) is 16.5. The van der Waals surface area contributed by atoms with E-state index in [1.54, 1.807) is 0 Å². The molecule has 0 saturated carbocycles. The number of piperazine rings is 1. The Labute approximate surface area is 164 Å². The standard InChI is InChI=1S/C22H23N3O3/c23-15-17-1-3-18(4-2-17)16-24-7-9-25(10-8-24)22(26)14-19-5-6-20-21(13-19)28-12-11-27-20/h1-6,13H,7-12,14,16H2. The lowest BCUT2D eigenvalue weighted by Crippen LogP contribution is -2.48. The second kappa shape index (κ2) is 8.32. The van der Waals surface area contributed by atoms with Gasteiger partial charge in [-0.1, -0.05) is 18.2 Å². The predicted octanol–water partition coefficient (Wildman–Crippen LogP) is 2.22. The van der Waals surface area contributed by atoms with Crippen LogP contribution in [0.2, 0.25) is 0 Å². The average Bonchev–Trinajstić information content (AvgIpc) is 2.75. The molecule has 1 amide bonds. The van der Waals surface area contributed by atoms with Crippen LogP contribution in [0.5, 0.6) is 11.5 Å². The van der Waals surface area contributed by atoms with Crippen LogP contribution in [0.25, 0.3) is 0 Å². The Morgan fingerprint density at radius 1 is 0.929 bits per heavy atom. The quantitative estimate of drug-likeness (QED) is 0.817. The second-order valence-electron chi connectivity index (χ2n) is 7.12. The van der Waals surface area contributed by atoms with Gasteiger partial charge < -0.3 is 14.4 Å². The number of amides is 1. The van der Waals surface area contributed by atoms with Crippen molar-refractivity contribution in [2.75, 3.05) is 39.4 Å². The van der Waals surface area contributed by atoms with Crippen molar-refractivity contribution < 1.29 is 14.3 Å². The molecule has 144 valence electrons. The molecule has 2 aromatic carbocycles. The van der Waals surface area contributed by atoms with E-state index in [2.05, 4.69) is 11.0 Å². The molecule has 6 heteroatoms. The molecule has 28 heavy (non-hydrogen) atoms. The Kier molecular flexibility index (Phi) is 5.45. The van der Waals surface area contributed by atoms with Crippen LogP contribution in [0.4, 0.5) is 0 Å². The summed E-state index contributed by atoms with van der Waals surface area (Å²) < 4.78 is 11.1. The maximum Gasteiger partial charge on any atom is 0.227 e. The number of fused-ring (bicyclic) bond motifs is 1. The van der Waals surface area contributed by atoms with E-state index < -0.39 is 0 Å². The minimum absolute atomic E-state index is 0.148. The number of hydrogen-bond donors (Lipinski definition) is 0. The van der Waals surface area contributed by atoms with E-state index in [0.717, 1.165) is 49.8 Å². The third-order valence-corrected chi connectivity index (χ3v) is 5.18. The molecule has 6 nitrogen and oxygen atoms in total. The van der Waals surface area contributed by atoms with E-state index in [4.69, 9.17) is 14.7 Å². The first kappa shape index (κ1) is 18.3. The Morgan fingerprint density at radius 2 is 1.61 bits per heavy atom. The van der Waals surface area contributed by atoms with Crippen LogP contribution in [-0.2, 0) is 17.8 Å². The molecule has 0 spiro atoms. The fraction of sp³-hybridized carbons (Fsp3) is 0.364. The monoisotopic (exact) mass is 377 g/mol. The van der Waals surface area contributed by atoms with Crippen LogP contribution in [0, 0.1) is 11.3 Å². The molecule has 0 unspecified atom stereocenters. The highest BCUT2D eigenvalue weighted by Crippen LogP contribution is 2.31. The molecule has 0 radical (unpaired) electrons. The summed E-state index contributed by atoms with van der Waals surface area (Å²) >= 11 is 0. The van der Waals surface area contributed by atoms with Gasteiger partial charge in [0.2, 0.25) is 5.91 Å². The van der Waals surface area contributed by atoms with Gasteiger partial charge in [-0.15, -0.1) is 0 Å². The predicted molar refractivity (Wildman–Crippen MR) is 104 cm³/mol. The number of carbonyl (C=O) groups excluding carboxylic acids is 1. The summed E-state index contributed by atoms with van der Waals surface area (Å²) in [7, 11) is 0. The van der Waals surface area contributed by atoms with Gasteiger partial charge in [-0.25, -0.2) is 0 Å². The molecule has 2 aliphatic heterocycles. The summed E-state index contributed by atoms with van der Waals surface area (Å²) in [6.45, 7) is 5.14. The van der Waals surface area contributed by atoms with E-state index in [-0.39, 0.29) is 5.91 Å². The summed E-state index contributed by atoms with van der Waals surface area (Å²) in [5.41, 5.74) is 2.82. The van der Waals surface area contributed by atoms with Crippen molar-refractivity contribution in [1.82, 2.24) is 9.80 Å². The van der Waals surface area contributed by atoms with Gasteiger partial charge in [0.05, 0.1) is 18.1 Å². The maximum absolute atomic E-state index is 12.7. The van der Waals surface area contributed by atoms with Crippen molar-refractivity contribution in [3.8, 4) is 17.6 Å². The van der Waals surface area contributed by atoms with Crippen molar-refractivity contribution in [2.45, 2.75) is 13.0 Å². The molecule has 0 aromatic heterocycles. The zero-order valence-corrected chi connectivity index (χ0v) is 15.8. The van der Waals surface area contributed by atoms with Crippen LogP contribution in [0.1, 0.15) is 16.7 Å². The fourth-order valence-corrected chi connectivity index (χ4v) is 3.58. The molecule has 1 fully saturated rings. The maximum atomic E-state index is 12.7. The number of hydrogen-bond acceptors (Lipinski definition) is 5. The molecular weight excluding hydrogens is 354 g/mol. The largest absolute Gasteiger partial charge is 0.486 e. The first-order chi connectivity index (χ1) is 13.7. The Balaban J connectivity index is 1.28. The first-order valence-corrected chi connectivity index (χ1v) is 9.59. The van der Waals surface area contributed by atoms with Crippen LogP contribution in [0.15, 0.2) is 42.5 Å². The zero-order valence-electron chi connectivity index (χ0n) is 15.8. The zero-order chi connectivity index (χ0) is 19.3. The number of nitrogens with zero attached hydrogens (tertiary/aromatic N) is 3. The van der Waals surface area contributed by atoms with Crippen molar-refractivity contribution in [3.05, 3.63) is 59.2 Å². The van der Waals surface area contributed by atoms with Crippen LogP contribution in [-0.4, -0.2) is 55.1 Å². The van der Waals surface area contributed by atoms with E-state index >= 15 is 0 Å². The Morgan fingerprint density at radius 3 is 2.32 bits per heavy atom. The van der Waals surface area contributed by atoms with Gasteiger partial charge in [0, 0.05) is 32.7 Å². The topological polar surface area (TPSA) is 65.8 Å². The number of rotatable bonds is 4. The summed E-state index contributed by atoms with van der Waals surface area (Å²) in [4.78, 5) is 17.0. The van der Waals surface area contributed by atoms with Gasteiger partial charge in [-0.3, -0.25) is 9.69 Å². The highest BCUT2D eigenvalue weighted by molar-refractivity contribution is 5.79. The molecule has 0 atom stereocenters. The van der Waals surface area contributed by atoms with Crippen molar-refractivity contribution in [2.24, 2.45) is 0 Å². The minimum atomic E-state index is 0.148. The molecule has 0 bridgehead atoms. The Bertz CT molecular complexity index is 881. The fourth-order valence-electron chi connectivity index (χ4n) is 3.58. The molecular formula is C22H23N3O3. The molecule has 2 aromatic rings. The second-order valence-corrected chi connectivity index (χ2v) is 7.12. The summed E-state index contributed by atoms with van der Waals surface area (Å²) in [5.74, 6) is 1.62. The average molecular weight is 377 g/mol.